The van der Waals surface area contributed by atoms with Gasteiger partial charge in [0.25, 0.3) is 0 Å². The Hall–Kier alpha value is -8.25. The van der Waals surface area contributed by atoms with Gasteiger partial charge in [-0.3, -0.25) is 0 Å². The van der Waals surface area contributed by atoms with E-state index in [1.807, 2.05) is 24.8 Å². The number of hydrogen-bond donors (Lipinski definition) is 5. The quantitative estimate of drug-likeness (QED) is 0.0325. The molecule has 5 N–H and O–H groups in total. The number of allylic oxidation sites excluding steroid dienone is 4. The Balaban J connectivity index is 1.13. The molecule has 16 bridgehead atoms. The molecule has 0 aromatic carbocycles. The Morgan fingerprint density at radius 3 is 1.56 bits per heavy atom. The van der Waals surface area contributed by atoms with Crippen LogP contribution >= 0.6 is 0 Å². The number of hydrogen-bond acceptors (Lipinski definition) is 6. The third kappa shape index (κ3) is 13.0. The summed E-state index contributed by atoms with van der Waals surface area (Å²) in [6.07, 6.45) is 53.3. The molecule has 12 nitrogen and oxygen atoms in total. The summed E-state index contributed by atoms with van der Waals surface area (Å²) in [5, 5.41) is 6.38. The standard InChI is InChI=1S/C76H92N12/c1-7-11-15-19-23-27-51-55-31-39-63(79-55)71(64-40-32-56(80-64)52(28-24-20-16-12-8-2)60-36-44-68(84-60)73(67-43-35-59(51)83-67)75-77-47-49-87(75)5)72-65-41-33-57(81-65)53(29-25-21-17-13-9-3)61-37-45-69(85-61)74(76-78-48-50-88(76)6)70-46-38-62(86-70)54(30-26-22-18-14-10-4)58-34-42-66(72)82-58/h31-50,55,79-81,83,86H,7-30H2,1-6H3/b57-53?,58-54?,59-51-,60-52?,61-53?,62-54?,71-63+,72-65?,72-66?,73-67+,74-69?,74-70?/t55-/m1/s1. The zero-order chi connectivity index (χ0) is 60.3. The van der Waals surface area contributed by atoms with E-state index < -0.39 is 0 Å². The van der Waals surface area contributed by atoms with Crippen molar-refractivity contribution in [3.8, 4) is 11.4 Å². The molecular formula is C76H92N12. The first kappa shape index (κ1) is 60.1. The maximum atomic E-state index is 5.86. The van der Waals surface area contributed by atoms with Crippen LogP contribution in [0.3, 0.4) is 0 Å². The first-order chi connectivity index (χ1) is 43.3. The summed E-state index contributed by atoms with van der Waals surface area (Å²) in [5.74, 6) is 1.76. The number of H-pyrrole nitrogens is 4. The normalized spacial score (nSPS) is 17.3. The Morgan fingerprint density at radius 1 is 0.432 bits per heavy atom. The fourth-order valence-corrected chi connectivity index (χ4v) is 13.8. The summed E-state index contributed by atoms with van der Waals surface area (Å²) < 4.78 is 4.22. The highest BCUT2D eigenvalue weighted by molar-refractivity contribution is 6.29. The molecule has 1 atom stereocenters. The van der Waals surface area contributed by atoms with Gasteiger partial charge in [-0.05, 0) is 148 Å². The molecule has 0 radical (unpaired) electrons. The van der Waals surface area contributed by atoms with Gasteiger partial charge >= 0.3 is 0 Å². The summed E-state index contributed by atoms with van der Waals surface area (Å²) in [4.78, 5) is 43.2. The first-order valence-electron chi connectivity index (χ1n) is 33.7. The van der Waals surface area contributed by atoms with E-state index >= 15 is 0 Å². The number of aromatic nitrogens is 10. The topological polar surface area (TPSA) is 149 Å². The van der Waals surface area contributed by atoms with E-state index in [2.05, 4.69) is 173 Å². The van der Waals surface area contributed by atoms with Gasteiger partial charge in [0.2, 0.25) is 0 Å². The lowest BCUT2D eigenvalue weighted by molar-refractivity contribution is 0.632. The van der Waals surface area contributed by atoms with Crippen molar-refractivity contribution in [1.82, 2.24) is 54.3 Å². The van der Waals surface area contributed by atoms with Crippen LogP contribution < -0.4 is 16.0 Å². The van der Waals surface area contributed by atoms with Crippen molar-refractivity contribution >= 4 is 74.4 Å². The van der Waals surface area contributed by atoms with Gasteiger partial charge in [-0.25, -0.2) is 24.9 Å². The van der Waals surface area contributed by atoms with E-state index in [0.717, 1.165) is 169 Å². The van der Waals surface area contributed by atoms with Crippen molar-refractivity contribution in [3.05, 3.63) is 176 Å². The zero-order valence-electron chi connectivity index (χ0n) is 53.2. The van der Waals surface area contributed by atoms with Crippen LogP contribution in [0.5, 0.6) is 0 Å². The number of imidazole rings is 2. The Kier molecular flexibility index (Phi) is 19.3. The number of aromatic amines is 4. The van der Waals surface area contributed by atoms with Crippen molar-refractivity contribution in [2.75, 3.05) is 0 Å². The van der Waals surface area contributed by atoms with Crippen LogP contribution in [0.25, 0.3) is 80.1 Å². The molecule has 0 saturated heterocycles. The van der Waals surface area contributed by atoms with Crippen LogP contribution in [0.2, 0.25) is 0 Å². The van der Waals surface area contributed by atoms with Gasteiger partial charge in [0.1, 0.15) is 11.6 Å². The molecule has 5 aliphatic rings. The number of nitrogens with zero attached hydrogens (tertiary/aromatic N) is 7. The maximum Gasteiger partial charge on any atom is 0.143 e. The summed E-state index contributed by atoms with van der Waals surface area (Å²) in [6, 6.07) is 18.2. The lowest BCUT2D eigenvalue weighted by Gasteiger charge is -2.19. The molecule has 0 unspecified atom stereocenters. The van der Waals surface area contributed by atoms with Crippen molar-refractivity contribution in [2.45, 2.75) is 188 Å². The van der Waals surface area contributed by atoms with Gasteiger partial charge in [0.15, 0.2) is 0 Å². The van der Waals surface area contributed by atoms with Crippen molar-refractivity contribution < 1.29 is 0 Å². The zero-order valence-corrected chi connectivity index (χ0v) is 53.2. The van der Waals surface area contributed by atoms with E-state index in [4.69, 9.17) is 24.9 Å². The molecule has 12 heterocycles. The molecule has 12 heteroatoms. The third-order valence-corrected chi connectivity index (χ3v) is 18.6. The van der Waals surface area contributed by atoms with Crippen molar-refractivity contribution in [1.29, 1.82) is 0 Å². The third-order valence-electron chi connectivity index (χ3n) is 18.6. The summed E-state index contributed by atoms with van der Waals surface area (Å²) >= 11 is 0. The fraction of sp³-hybridized carbons (Fsp3) is 0.408. The largest absolute Gasteiger partial charge is 0.374 e. The van der Waals surface area contributed by atoms with Gasteiger partial charge in [-0.1, -0.05) is 137 Å². The number of aryl methyl sites for hydroxylation is 4. The number of unbranched alkanes of at least 4 members (excludes halogenated alkanes) is 16. The van der Waals surface area contributed by atoms with Crippen LogP contribution in [-0.4, -0.2) is 60.8 Å². The van der Waals surface area contributed by atoms with Gasteiger partial charge < -0.3 is 34.4 Å². The molecule has 0 saturated carbocycles. The lowest BCUT2D eigenvalue weighted by Crippen LogP contribution is -2.29. The molecule has 0 amide bonds. The predicted octanol–water partition coefficient (Wildman–Crippen LogP) is 17.3. The molecule has 7 aromatic rings. The van der Waals surface area contributed by atoms with Crippen LogP contribution in [0.4, 0.5) is 0 Å². The van der Waals surface area contributed by atoms with Crippen LogP contribution in [-0.2, 0) is 26.9 Å². The molecule has 88 heavy (non-hydrogen) atoms. The molecule has 0 spiro atoms. The molecule has 0 fully saturated rings. The average molecular weight is 1170 g/mol. The van der Waals surface area contributed by atoms with Crippen molar-refractivity contribution in [2.24, 2.45) is 19.1 Å². The Morgan fingerprint density at radius 2 is 0.955 bits per heavy atom. The minimum absolute atomic E-state index is 0.0721. The van der Waals surface area contributed by atoms with E-state index in [-0.39, 0.29) is 6.04 Å². The Labute approximate surface area is 520 Å². The molecule has 0 aliphatic carbocycles. The fourth-order valence-electron chi connectivity index (χ4n) is 13.8. The number of fused-ring (bicyclic) bond motifs is 15. The number of aliphatic imine (C=N–C) groups is 1. The second-order valence-corrected chi connectivity index (χ2v) is 25.0. The van der Waals surface area contributed by atoms with E-state index in [0.29, 0.717) is 0 Å². The van der Waals surface area contributed by atoms with Gasteiger partial charge in [-0.15, -0.1) is 0 Å². The Bertz CT molecular complexity index is 4160. The summed E-state index contributed by atoms with van der Waals surface area (Å²) in [7, 11) is 4.16. The SMILES string of the molecule is CCCCCCCC1=C2C=CC(=N2)/C(c2nccn2C)=c2/cc/c([nH]2)=C(\CCCCCCC)[C@H]2C=C/C(=C(\c3c4nc(c(CCCCCCC)c5ccc([nH]5)c(-c5nccn5C)c5nc(c(CCCCCCC)c6ccc3[nH]6)C=C5)C=C4)c3ccc1[nH]3)N2. The van der Waals surface area contributed by atoms with E-state index in [1.165, 1.54) is 125 Å². The lowest BCUT2D eigenvalue weighted by atomic mass is 9.98. The second kappa shape index (κ2) is 28.3. The smallest absolute Gasteiger partial charge is 0.143 e. The van der Waals surface area contributed by atoms with Crippen molar-refractivity contribution in [3.63, 3.8) is 0 Å². The highest BCUT2D eigenvalue weighted by Crippen LogP contribution is 2.40. The number of rotatable bonds is 27. The minimum atomic E-state index is -0.0721. The van der Waals surface area contributed by atoms with Crippen LogP contribution in [0.1, 0.15) is 226 Å². The maximum absolute atomic E-state index is 5.86. The molecule has 12 rings (SSSR count). The molecule has 5 aliphatic heterocycles. The minimum Gasteiger partial charge on any atom is -0.374 e. The van der Waals surface area contributed by atoms with Crippen LogP contribution in [0.15, 0.2) is 114 Å². The molecule has 7 aromatic heterocycles. The number of nitrogens with one attached hydrogen (secondary N) is 5. The summed E-state index contributed by atoms with van der Waals surface area (Å²) in [5.41, 5.74) is 22.1. The molecule has 456 valence electrons. The highest BCUT2D eigenvalue weighted by atomic mass is 15.1. The monoisotopic (exact) mass is 1170 g/mol. The second-order valence-electron chi connectivity index (χ2n) is 25.0. The summed E-state index contributed by atoms with van der Waals surface area (Å²) in [6.45, 7) is 9.17. The predicted molar refractivity (Wildman–Crippen MR) is 368 cm³/mol. The van der Waals surface area contributed by atoms with Gasteiger partial charge in [-0.2, -0.15) is 0 Å². The van der Waals surface area contributed by atoms with E-state index in [9.17, 15) is 0 Å². The average Bonchev–Trinajstić information content (AvgIpc) is 3.49. The van der Waals surface area contributed by atoms with E-state index in [1.54, 1.807) is 0 Å². The van der Waals surface area contributed by atoms with Crippen LogP contribution in [0, 0.1) is 0 Å². The van der Waals surface area contributed by atoms with Gasteiger partial charge in [0.05, 0.1) is 62.2 Å². The first-order valence-corrected chi connectivity index (χ1v) is 33.7. The van der Waals surface area contributed by atoms with Gasteiger partial charge in [0, 0.05) is 106 Å². The molecular weight excluding hydrogens is 1080 g/mol. The highest BCUT2D eigenvalue weighted by Gasteiger charge is 2.28.